The largest absolute Gasteiger partial charge is 0.468 e. The van der Waals surface area contributed by atoms with Crippen LogP contribution in [0.15, 0.2) is 30.3 Å². The van der Waals surface area contributed by atoms with Gasteiger partial charge in [-0.3, -0.25) is 4.98 Å². The van der Waals surface area contributed by atoms with Crippen molar-refractivity contribution in [3.05, 3.63) is 41.6 Å². The van der Waals surface area contributed by atoms with Crippen LogP contribution in [-0.4, -0.2) is 24.6 Å². The second kappa shape index (κ2) is 5.82. The van der Waals surface area contributed by atoms with Gasteiger partial charge in [0.2, 0.25) is 0 Å². The number of hydrogen-bond donors (Lipinski definition) is 1. The van der Waals surface area contributed by atoms with Crippen LogP contribution in [0.2, 0.25) is 0 Å². The van der Waals surface area contributed by atoms with E-state index in [1.807, 2.05) is 37.3 Å². The number of aromatic nitrogens is 1. The number of fused-ring (bicyclic) bond motifs is 1. The number of nitrogens with one attached hydrogen (secondary N) is 1. The molecule has 0 radical (unpaired) electrons. The molecule has 0 aliphatic heterocycles. The Bertz CT molecular complexity index is 665. The normalized spacial score (nSPS) is 15.9. The van der Waals surface area contributed by atoms with E-state index in [1.165, 1.54) is 20.0 Å². The van der Waals surface area contributed by atoms with Gasteiger partial charge < -0.3 is 10.1 Å². The first-order chi connectivity index (χ1) is 10.2. The summed E-state index contributed by atoms with van der Waals surface area (Å²) in [5.74, 6) is 0.469. The van der Waals surface area contributed by atoms with Crippen LogP contribution in [0.25, 0.3) is 10.9 Å². The van der Waals surface area contributed by atoms with E-state index >= 15 is 0 Å². The molecule has 4 heteroatoms. The number of methoxy groups -OCH3 is 1. The van der Waals surface area contributed by atoms with Gasteiger partial charge in [0, 0.05) is 11.1 Å². The van der Waals surface area contributed by atoms with Crippen LogP contribution in [0.3, 0.4) is 0 Å². The van der Waals surface area contributed by atoms with Crippen molar-refractivity contribution >= 4 is 16.9 Å². The minimum atomic E-state index is -0.402. The van der Waals surface area contributed by atoms with Gasteiger partial charge in [-0.1, -0.05) is 12.1 Å². The summed E-state index contributed by atoms with van der Waals surface area (Å²) in [5, 5.41) is 4.37. The van der Waals surface area contributed by atoms with E-state index in [-0.39, 0.29) is 5.97 Å². The van der Waals surface area contributed by atoms with E-state index in [0.717, 1.165) is 28.7 Å². The van der Waals surface area contributed by atoms with Crippen molar-refractivity contribution in [2.24, 2.45) is 5.92 Å². The molecule has 2 aromatic rings. The number of nitrogens with zero attached hydrogens (tertiary/aromatic N) is 1. The van der Waals surface area contributed by atoms with Gasteiger partial charge in [-0.25, -0.2) is 4.79 Å². The third-order valence-electron chi connectivity index (χ3n) is 3.93. The maximum atomic E-state index is 12.0. The molecule has 21 heavy (non-hydrogen) atoms. The summed E-state index contributed by atoms with van der Waals surface area (Å²) >= 11 is 0. The maximum Gasteiger partial charge on any atom is 0.327 e. The van der Waals surface area contributed by atoms with Crippen LogP contribution in [-0.2, 0) is 9.53 Å². The molecule has 4 nitrogen and oxygen atoms in total. The highest BCUT2D eigenvalue weighted by Gasteiger charge is 2.26. The van der Waals surface area contributed by atoms with Crippen LogP contribution < -0.4 is 5.32 Å². The molecule has 0 spiro atoms. The molecular formula is C17H20N2O2. The van der Waals surface area contributed by atoms with Crippen molar-refractivity contribution in [3.8, 4) is 0 Å². The van der Waals surface area contributed by atoms with Gasteiger partial charge in [-0.2, -0.15) is 0 Å². The number of carbonyl (C=O) groups excluding carboxylic acids is 1. The predicted octanol–water partition coefficient (Wildman–Crippen LogP) is 2.76. The van der Waals surface area contributed by atoms with Crippen molar-refractivity contribution in [2.45, 2.75) is 25.8 Å². The van der Waals surface area contributed by atoms with Crippen LogP contribution in [0, 0.1) is 12.8 Å². The SMILES string of the molecule is COC(=O)C(NCC1CC1)c1ccc2nc(C)ccc2c1. The fraction of sp³-hybridized carbons (Fsp3) is 0.412. The Balaban J connectivity index is 1.89. The number of rotatable bonds is 5. The van der Waals surface area contributed by atoms with Gasteiger partial charge in [0.1, 0.15) is 6.04 Å². The molecule has 0 bridgehead atoms. The van der Waals surface area contributed by atoms with Crippen LogP contribution in [0.1, 0.15) is 30.1 Å². The topological polar surface area (TPSA) is 51.2 Å². The minimum absolute atomic E-state index is 0.241. The average Bonchev–Trinajstić information content (AvgIpc) is 3.31. The van der Waals surface area contributed by atoms with E-state index in [9.17, 15) is 4.79 Å². The Kier molecular flexibility index (Phi) is 3.88. The number of benzene rings is 1. The molecule has 1 aliphatic rings. The van der Waals surface area contributed by atoms with Gasteiger partial charge in [-0.05, 0) is 56.0 Å². The van der Waals surface area contributed by atoms with E-state index in [4.69, 9.17) is 4.74 Å². The lowest BCUT2D eigenvalue weighted by molar-refractivity contribution is -0.143. The molecule has 1 unspecified atom stereocenters. The first kappa shape index (κ1) is 14.0. The van der Waals surface area contributed by atoms with Gasteiger partial charge >= 0.3 is 5.97 Å². The Labute approximate surface area is 124 Å². The zero-order valence-corrected chi connectivity index (χ0v) is 12.4. The number of hydrogen-bond acceptors (Lipinski definition) is 4. The van der Waals surface area contributed by atoms with Crippen molar-refractivity contribution in [1.82, 2.24) is 10.3 Å². The zero-order valence-electron chi connectivity index (χ0n) is 12.4. The summed E-state index contributed by atoms with van der Waals surface area (Å²) < 4.78 is 4.93. The van der Waals surface area contributed by atoms with Gasteiger partial charge in [0.15, 0.2) is 0 Å². The lowest BCUT2D eigenvalue weighted by Crippen LogP contribution is -2.31. The van der Waals surface area contributed by atoms with Crippen molar-refractivity contribution in [3.63, 3.8) is 0 Å². The fourth-order valence-electron chi connectivity index (χ4n) is 2.49. The Morgan fingerprint density at radius 3 is 2.90 bits per heavy atom. The molecule has 1 fully saturated rings. The summed E-state index contributed by atoms with van der Waals surface area (Å²) in [4.78, 5) is 16.5. The molecule has 0 amide bonds. The van der Waals surface area contributed by atoms with Crippen LogP contribution >= 0.6 is 0 Å². The minimum Gasteiger partial charge on any atom is -0.468 e. The summed E-state index contributed by atoms with van der Waals surface area (Å²) in [6.45, 7) is 2.84. The fourth-order valence-corrected chi connectivity index (χ4v) is 2.49. The predicted molar refractivity (Wildman–Crippen MR) is 82.0 cm³/mol. The first-order valence-corrected chi connectivity index (χ1v) is 7.36. The molecule has 110 valence electrons. The highest BCUT2D eigenvalue weighted by Crippen LogP contribution is 2.29. The number of pyridine rings is 1. The summed E-state index contributed by atoms with van der Waals surface area (Å²) in [5.41, 5.74) is 2.87. The molecule has 1 aromatic heterocycles. The number of aryl methyl sites for hydroxylation is 1. The Morgan fingerprint density at radius 1 is 1.38 bits per heavy atom. The number of ether oxygens (including phenoxy) is 1. The quantitative estimate of drug-likeness (QED) is 0.858. The van der Waals surface area contributed by atoms with Crippen LogP contribution in [0.5, 0.6) is 0 Å². The third-order valence-corrected chi connectivity index (χ3v) is 3.93. The van der Waals surface area contributed by atoms with E-state index in [1.54, 1.807) is 0 Å². The van der Waals surface area contributed by atoms with Gasteiger partial charge in [0.25, 0.3) is 0 Å². The summed E-state index contributed by atoms with van der Waals surface area (Å²) in [6.07, 6.45) is 2.50. The lowest BCUT2D eigenvalue weighted by Gasteiger charge is -2.17. The summed E-state index contributed by atoms with van der Waals surface area (Å²) in [7, 11) is 1.43. The van der Waals surface area contributed by atoms with E-state index in [2.05, 4.69) is 10.3 Å². The lowest BCUT2D eigenvalue weighted by atomic mass is 10.0. The number of carbonyl (C=O) groups is 1. The average molecular weight is 284 g/mol. The van der Waals surface area contributed by atoms with Crippen LogP contribution in [0.4, 0.5) is 0 Å². The molecule has 1 aliphatic carbocycles. The highest BCUT2D eigenvalue weighted by atomic mass is 16.5. The second-order valence-corrected chi connectivity index (χ2v) is 5.71. The molecule has 0 saturated heterocycles. The molecule has 3 rings (SSSR count). The first-order valence-electron chi connectivity index (χ1n) is 7.36. The molecule has 1 heterocycles. The smallest absolute Gasteiger partial charge is 0.327 e. The Morgan fingerprint density at radius 2 is 2.19 bits per heavy atom. The maximum absolute atomic E-state index is 12.0. The van der Waals surface area contributed by atoms with Crippen molar-refractivity contribution < 1.29 is 9.53 Å². The standard InChI is InChI=1S/C17H20N2O2/c1-11-3-6-13-9-14(7-8-15(13)19-11)16(17(20)21-2)18-10-12-4-5-12/h3,6-9,12,16,18H,4-5,10H2,1-2H3. The zero-order chi connectivity index (χ0) is 14.8. The second-order valence-electron chi connectivity index (χ2n) is 5.71. The van der Waals surface area contributed by atoms with Crippen molar-refractivity contribution in [2.75, 3.05) is 13.7 Å². The number of esters is 1. The third kappa shape index (κ3) is 3.22. The van der Waals surface area contributed by atoms with Gasteiger partial charge in [0.05, 0.1) is 12.6 Å². The molecule has 1 N–H and O–H groups in total. The van der Waals surface area contributed by atoms with E-state index in [0.29, 0.717) is 5.92 Å². The molecule has 1 saturated carbocycles. The highest BCUT2D eigenvalue weighted by molar-refractivity contribution is 5.83. The van der Waals surface area contributed by atoms with E-state index < -0.39 is 6.04 Å². The molecule has 1 atom stereocenters. The molecular weight excluding hydrogens is 264 g/mol. The van der Waals surface area contributed by atoms with Crippen molar-refractivity contribution in [1.29, 1.82) is 0 Å². The monoisotopic (exact) mass is 284 g/mol. The Hall–Kier alpha value is -1.94. The summed E-state index contributed by atoms with van der Waals surface area (Å²) in [6, 6.07) is 9.56. The van der Waals surface area contributed by atoms with Gasteiger partial charge in [-0.15, -0.1) is 0 Å². The molecule has 1 aromatic carbocycles.